The van der Waals surface area contributed by atoms with E-state index in [1.165, 1.54) is 32.1 Å². The molecule has 1 rings (SSSR count). The number of hydrogen-bond donors (Lipinski definition) is 1. The van der Waals surface area contributed by atoms with Gasteiger partial charge in [0.1, 0.15) is 0 Å². The number of carbonyl (C=O) groups excluding carboxylic acids is 1. The van der Waals surface area contributed by atoms with E-state index in [1.54, 1.807) is 6.92 Å². The van der Waals surface area contributed by atoms with Crippen LogP contribution in [0, 0.1) is 0 Å². The smallest absolute Gasteiger partial charge is 0.156 e. The van der Waals surface area contributed by atoms with Crippen LogP contribution in [0.3, 0.4) is 0 Å². The van der Waals surface area contributed by atoms with Gasteiger partial charge >= 0.3 is 0 Å². The van der Waals surface area contributed by atoms with E-state index >= 15 is 0 Å². The second-order valence-corrected chi connectivity index (χ2v) is 3.89. The highest BCUT2D eigenvalue weighted by Gasteiger charge is 2.11. The van der Waals surface area contributed by atoms with E-state index in [2.05, 4.69) is 5.32 Å². The maximum absolute atomic E-state index is 10.9. The molecule has 1 aliphatic rings. The van der Waals surface area contributed by atoms with Gasteiger partial charge in [-0.05, 0) is 26.7 Å². The molecule has 0 aromatic rings. The summed E-state index contributed by atoms with van der Waals surface area (Å²) in [4.78, 5) is 10.9. The van der Waals surface area contributed by atoms with E-state index in [1.807, 2.05) is 13.1 Å². The summed E-state index contributed by atoms with van der Waals surface area (Å²) >= 11 is 0. The lowest BCUT2D eigenvalue weighted by Crippen LogP contribution is -2.27. The quantitative estimate of drug-likeness (QED) is 0.677. The SMILES string of the molecule is CC(=O)/C(C)=C\NC1CCCCC1. The number of Topliss-reactive ketones (excluding diaryl/α,β-unsaturated/α-hetero) is 1. The molecule has 0 unspecified atom stereocenters. The third-order valence-electron chi connectivity index (χ3n) is 2.70. The summed E-state index contributed by atoms with van der Waals surface area (Å²) in [6.45, 7) is 3.46. The van der Waals surface area contributed by atoms with E-state index < -0.39 is 0 Å². The van der Waals surface area contributed by atoms with Crippen molar-refractivity contribution in [1.29, 1.82) is 0 Å². The molecule has 0 aromatic heterocycles. The van der Waals surface area contributed by atoms with Crippen molar-refractivity contribution >= 4 is 5.78 Å². The number of hydrogen-bond acceptors (Lipinski definition) is 2. The Hall–Kier alpha value is -0.790. The lowest BCUT2D eigenvalue weighted by atomic mass is 9.96. The van der Waals surface area contributed by atoms with Crippen LogP contribution in [0.1, 0.15) is 46.0 Å². The zero-order valence-corrected chi connectivity index (χ0v) is 8.60. The molecule has 1 aliphatic carbocycles. The Morgan fingerprint density at radius 1 is 1.23 bits per heavy atom. The lowest BCUT2D eigenvalue weighted by Gasteiger charge is -2.21. The van der Waals surface area contributed by atoms with Gasteiger partial charge in [0.2, 0.25) is 0 Å². The maximum atomic E-state index is 10.9. The lowest BCUT2D eigenvalue weighted by molar-refractivity contribution is -0.113. The summed E-state index contributed by atoms with van der Waals surface area (Å²) in [5.41, 5.74) is 0.825. The van der Waals surface area contributed by atoms with Crippen LogP contribution in [0.5, 0.6) is 0 Å². The summed E-state index contributed by atoms with van der Waals surface area (Å²) in [6.07, 6.45) is 8.39. The van der Waals surface area contributed by atoms with Gasteiger partial charge in [-0.25, -0.2) is 0 Å². The normalized spacial score (nSPS) is 20.0. The van der Waals surface area contributed by atoms with Crippen LogP contribution in [0.15, 0.2) is 11.8 Å². The highest BCUT2D eigenvalue weighted by Crippen LogP contribution is 2.17. The molecule has 0 aliphatic heterocycles. The Labute approximate surface area is 80.4 Å². The molecule has 0 bridgehead atoms. The predicted octanol–water partition coefficient (Wildman–Crippen LogP) is 2.40. The van der Waals surface area contributed by atoms with Gasteiger partial charge in [0.05, 0.1) is 0 Å². The molecule has 0 aromatic carbocycles. The number of allylic oxidation sites excluding steroid dienone is 1. The minimum absolute atomic E-state index is 0.156. The molecule has 0 amide bonds. The first-order valence-corrected chi connectivity index (χ1v) is 5.14. The fourth-order valence-electron chi connectivity index (χ4n) is 1.61. The molecule has 1 fully saturated rings. The van der Waals surface area contributed by atoms with Gasteiger partial charge in [0.15, 0.2) is 5.78 Å². The number of ketones is 1. The van der Waals surface area contributed by atoms with Gasteiger partial charge in [0.25, 0.3) is 0 Å². The standard InChI is InChI=1S/C11H19NO/c1-9(10(2)13)8-12-11-6-4-3-5-7-11/h8,11-12H,3-7H2,1-2H3/b9-8-. The van der Waals surface area contributed by atoms with E-state index in [-0.39, 0.29) is 5.78 Å². The Bertz CT molecular complexity index is 202. The zero-order valence-electron chi connectivity index (χ0n) is 8.60. The topological polar surface area (TPSA) is 29.1 Å². The van der Waals surface area contributed by atoms with Crippen LogP contribution in [0.25, 0.3) is 0 Å². The van der Waals surface area contributed by atoms with Crippen molar-refractivity contribution < 1.29 is 4.79 Å². The fraction of sp³-hybridized carbons (Fsp3) is 0.727. The van der Waals surface area contributed by atoms with Gasteiger partial charge in [-0.3, -0.25) is 4.79 Å². The highest BCUT2D eigenvalue weighted by molar-refractivity contribution is 5.92. The molecule has 0 spiro atoms. The van der Waals surface area contributed by atoms with Gasteiger partial charge in [0, 0.05) is 17.8 Å². The summed E-state index contributed by atoms with van der Waals surface area (Å²) in [5, 5.41) is 3.32. The van der Waals surface area contributed by atoms with Gasteiger partial charge < -0.3 is 5.32 Å². The van der Waals surface area contributed by atoms with Crippen molar-refractivity contribution in [1.82, 2.24) is 5.32 Å². The summed E-state index contributed by atoms with van der Waals surface area (Å²) in [7, 11) is 0. The summed E-state index contributed by atoms with van der Waals surface area (Å²) in [6, 6.07) is 0.600. The summed E-state index contributed by atoms with van der Waals surface area (Å²) < 4.78 is 0. The molecule has 1 N–H and O–H groups in total. The molecule has 13 heavy (non-hydrogen) atoms. The monoisotopic (exact) mass is 181 g/mol. The first-order chi connectivity index (χ1) is 6.20. The first-order valence-electron chi connectivity index (χ1n) is 5.14. The van der Waals surface area contributed by atoms with Crippen LogP contribution in [0.2, 0.25) is 0 Å². The predicted molar refractivity (Wildman–Crippen MR) is 54.4 cm³/mol. The Morgan fingerprint density at radius 2 is 1.85 bits per heavy atom. The molecule has 0 atom stereocenters. The Balaban J connectivity index is 2.31. The molecule has 0 radical (unpaired) electrons. The van der Waals surface area contributed by atoms with Crippen molar-refractivity contribution in [3.8, 4) is 0 Å². The second kappa shape index (κ2) is 5.05. The van der Waals surface area contributed by atoms with Gasteiger partial charge in [-0.1, -0.05) is 19.3 Å². The molecular weight excluding hydrogens is 162 g/mol. The second-order valence-electron chi connectivity index (χ2n) is 3.89. The van der Waals surface area contributed by atoms with Gasteiger partial charge in [-0.15, -0.1) is 0 Å². The zero-order chi connectivity index (χ0) is 9.68. The van der Waals surface area contributed by atoms with E-state index in [4.69, 9.17) is 0 Å². The third-order valence-corrected chi connectivity index (χ3v) is 2.70. The molecule has 0 saturated heterocycles. The average molecular weight is 181 g/mol. The molecule has 0 heterocycles. The summed E-state index contributed by atoms with van der Waals surface area (Å²) in [5.74, 6) is 0.156. The van der Waals surface area contributed by atoms with Crippen molar-refractivity contribution in [2.75, 3.05) is 0 Å². The van der Waals surface area contributed by atoms with Crippen LogP contribution >= 0.6 is 0 Å². The van der Waals surface area contributed by atoms with E-state index in [9.17, 15) is 4.79 Å². The van der Waals surface area contributed by atoms with Crippen LogP contribution in [-0.2, 0) is 4.79 Å². The first kappa shape index (κ1) is 10.3. The van der Waals surface area contributed by atoms with Crippen LogP contribution < -0.4 is 5.32 Å². The number of rotatable bonds is 3. The molecule has 1 saturated carbocycles. The molecular formula is C11H19NO. The largest absolute Gasteiger partial charge is 0.388 e. The molecule has 74 valence electrons. The van der Waals surface area contributed by atoms with Crippen molar-refractivity contribution in [2.24, 2.45) is 0 Å². The Kier molecular flexibility index (Phi) is 4.00. The fourth-order valence-corrected chi connectivity index (χ4v) is 1.61. The number of carbonyl (C=O) groups is 1. The van der Waals surface area contributed by atoms with Gasteiger partial charge in [-0.2, -0.15) is 0 Å². The van der Waals surface area contributed by atoms with Crippen molar-refractivity contribution in [3.05, 3.63) is 11.8 Å². The minimum Gasteiger partial charge on any atom is -0.388 e. The van der Waals surface area contributed by atoms with Crippen LogP contribution in [-0.4, -0.2) is 11.8 Å². The molecule has 2 nitrogen and oxygen atoms in total. The van der Waals surface area contributed by atoms with E-state index in [0.29, 0.717) is 6.04 Å². The minimum atomic E-state index is 0.156. The van der Waals surface area contributed by atoms with Crippen molar-refractivity contribution in [3.63, 3.8) is 0 Å². The number of nitrogens with one attached hydrogen (secondary N) is 1. The average Bonchev–Trinajstić information content (AvgIpc) is 2.15. The third kappa shape index (κ3) is 3.62. The highest BCUT2D eigenvalue weighted by atomic mass is 16.1. The van der Waals surface area contributed by atoms with Crippen LogP contribution in [0.4, 0.5) is 0 Å². The Morgan fingerprint density at radius 3 is 2.38 bits per heavy atom. The van der Waals surface area contributed by atoms with E-state index in [0.717, 1.165) is 5.57 Å². The maximum Gasteiger partial charge on any atom is 0.156 e. The van der Waals surface area contributed by atoms with Crippen molar-refractivity contribution in [2.45, 2.75) is 52.0 Å². The molecule has 2 heteroatoms.